The van der Waals surface area contributed by atoms with Crippen molar-refractivity contribution in [2.24, 2.45) is 5.92 Å². The van der Waals surface area contributed by atoms with Gasteiger partial charge in [-0.15, -0.1) is 0 Å². The van der Waals surface area contributed by atoms with Crippen molar-refractivity contribution < 1.29 is 19.3 Å². The summed E-state index contributed by atoms with van der Waals surface area (Å²) in [6, 6.07) is 28.8. The molecule has 1 aromatic heterocycles. The van der Waals surface area contributed by atoms with Crippen LogP contribution in [-0.2, 0) is 15.1 Å². The van der Waals surface area contributed by atoms with Crippen molar-refractivity contribution in [3.8, 4) is 5.75 Å². The van der Waals surface area contributed by atoms with Crippen LogP contribution in [0.4, 0.5) is 0 Å². The third kappa shape index (κ3) is 4.74. The van der Waals surface area contributed by atoms with Crippen molar-refractivity contribution in [3.05, 3.63) is 135 Å². The maximum atomic E-state index is 12.3. The second kappa shape index (κ2) is 10.6. The summed E-state index contributed by atoms with van der Waals surface area (Å²) in [4.78, 5) is 25.9. The lowest BCUT2D eigenvalue weighted by Crippen LogP contribution is -2.39. The minimum atomic E-state index is -1.02. The molecule has 0 bridgehead atoms. The molecule has 0 radical (unpaired) electrons. The number of nitrogens with one attached hydrogen (secondary N) is 1. The van der Waals surface area contributed by atoms with Crippen LogP contribution < -0.4 is 16.0 Å². The van der Waals surface area contributed by atoms with E-state index in [0.29, 0.717) is 0 Å². The smallest absolute Gasteiger partial charge is 0.330 e. The van der Waals surface area contributed by atoms with Crippen molar-refractivity contribution in [3.63, 3.8) is 0 Å². The van der Waals surface area contributed by atoms with Crippen molar-refractivity contribution in [2.45, 2.75) is 17.9 Å². The molecule has 1 saturated heterocycles. The fourth-order valence-corrected chi connectivity index (χ4v) is 4.82. The Hall–Kier alpha value is -3.98. The molecule has 0 unspecified atom stereocenters. The van der Waals surface area contributed by atoms with Gasteiger partial charge in [0.1, 0.15) is 17.5 Å². The fraction of sp³-hybridized carbons (Fsp3) is 0.241. The average Bonchev–Trinajstić information content (AvgIpc) is 3.30. The molecular weight excluding hydrogens is 472 g/mol. The Morgan fingerprint density at radius 1 is 0.919 bits per heavy atom. The van der Waals surface area contributed by atoms with E-state index in [4.69, 9.17) is 14.2 Å². The predicted molar refractivity (Wildman–Crippen MR) is 138 cm³/mol. The van der Waals surface area contributed by atoms with E-state index in [2.05, 4.69) is 4.98 Å². The number of aromatic amines is 1. The Labute approximate surface area is 213 Å². The number of ether oxygens (including phenoxy) is 3. The third-order valence-electron chi connectivity index (χ3n) is 6.75. The molecule has 0 spiro atoms. The van der Waals surface area contributed by atoms with Gasteiger partial charge in [0, 0.05) is 18.2 Å². The molecule has 0 aliphatic carbocycles. The Kier molecular flexibility index (Phi) is 7.05. The molecule has 1 fully saturated rings. The van der Waals surface area contributed by atoms with Crippen LogP contribution in [0.2, 0.25) is 0 Å². The van der Waals surface area contributed by atoms with Crippen molar-refractivity contribution >= 4 is 0 Å². The Morgan fingerprint density at radius 3 is 2.08 bits per heavy atom. The number of aliphatic hydroxyl groups excluding tert-OH is 1. The predicted octanol–water partition coefficient (Wildman–Crippen LogP) is 3.06. The first-order valence-electron chi connectivity index (χ1n) is 12.0. The molecule has 3 atom stereocenters. The summed E-state index contributed by atoms with van der Waals surface area (Å²) in [7, 11) is 1.62. The molecule has 190 valence electrons. The van der Waals surface area contributed by atoms with Crippen LogP contribution in [0, 0.1) is 5.92 Å². The lowest BCUT2D eigenvalue weighted by Gasteiger charge is -2.37. The summed E-state index contributed by atoms with van der Waals surface area (Å²) >= 11 is 0. The Morgan fingerprint density at radius 2 is 1.51 bits per heavy atom. The number of hydrogen-bond donors (Lipinski definition) is 2. The molecule has 2 heterocycles. The summed E-state index contributed by atoms with van der Waals surface area (Å²) in [5, 5.41) is 11.1. The van der Waals surface area contributed by atoms with Gasteiger partial charge in [-0.05, 0) is 28.8 Å². The minimum absolute atomic E-state index is 0.144. The van der Waals surface area contributed by atoms with Gasteiger partial charge in [0.05, 0.1) is 20.3 Å². The van der Waals surface area contributed by atoms with Gasteiger partial charge in [-0.2, -0.15) is 0 Å². The third-order valence-corrected chi connectivity index (χ3v) is 6.75. The average molecular weight is 501 g/mol. The number of aromatic nitrogens is 2. The highest BCUT2D eigenvalue weighted by Crippen LogP contribution is 2.42. The zero-order chi connectivity index (χ0) is 25.8. The van der Waals surface area contributed by atoms with Crippen molar-refractivity contribution in [1.29, 1.82) is 0 Å². The first-order valence-corrected chi connectivity index (χ1v) is 12.0. The summed E-state index contributed by atoms with van der Waals surface area (Å²) < 4.78 is 19.2. The lowest BCUT2D eigenvalue weighted by atomic mass is 9.80. The summed E-state index contributed by atoms with van der Waals surface area (Å²) in [5.74, 6) is 0.307. The van der Waals surface area contributed by atoms with Crippen LogP contribution >= 0.6 is 0 Å². The highest BCUT2D eigenvalue weighted by Gasteiger charge is 2.42. The van der Waals surface area contributed by atoms with Gasteiger partial charge in [0.2, 0.25) is 0 Å². The van der Waals surface area contributed by atoms with E-state index in [1.807, 2.05) is 84.9 Å². The normalized spacial score (nSPS) is 19.6. The van der Waals surface area contributed by atoms with Gasteiger partial charge in [0.15, 0.2) is 6.23 Å². The zero-order valence-corrected chi connectivity index (χ0v) is 20.3. The number of benzene rings is 3. The fourth-order valence-electron chi connectivity index (χ4n) is 4.82. The van der Waals surface area contributed by atoms with E-state index in [9.17, 15) is 14.7 Å². The number of hydrogen-bond acceptors (Lipinski definition) is 6. The van der Waals surface area contributed by atoms with Crippen molar-refractivity contribution in [1.82, 2.24) is 9.55 Å². The SMILES string of the molecule is COc1ccc(C(OC[C@H]2CO[C@@H](n3ccc(=O)[nH]c3=O)[C@@H]2O)(c2ccccc2)c2ccccc2)cc1. The second-order valence-electron chi connectivity index (χ2n) is 8.94. The molecule has 37 heavy (non-hydrogen) atoms. The first-order chi connectivity index (χ1) is 18.0. The number of aliphatic hydroxyl groups is 1. The maximum Gasteiger partial charge on any atom is 0.330 e. The van der Waals surface area contributed by atoms with E-state index in [1.165, 1.54) is 16.8 Å². The standard InChI is InChI=1S/C29H28N2O6/c1-35-24-14-12-23(13-15-24)29(21-8-4-2-5-9-21,22-10-6-3-7-11-22)37-19-20-18-36-27(26(20)33)31-17-16-25(32)30-28(31)34/h2-17,20,26-27,33H,18-19H2,1H3,(H,30,32,34)/t20-,26-,27-/m1/s1. The summed E-state index contributed by atoms with van der Waals surface area (Å²) in [5.41, 5.74) is 0.610. The molecule has 2 N–H and O–H groups in total. The summed E-state index contributed by atoms with van der Waals surface area (Å²) in [6.07, 6.45) is -0.626. The monoisotopic (exact) mass is 500 g/mol. The molecule has 0 amide bonds. The second-order valence-corrected chi connectivity index (χ2v) is 8.94. The molecule has 1 aliphatic rings. The maximum absolute atomic E-state index is 12.3. The van der Waals surface area contributed by atoms with E-state index < -0.39 is 35.1 Å². The van der Waals surface area contributed by atoms with Crippen molar-refractivity contribution in [2.75, 3.05) is 20.3 Å². The van der Waals surface area contributed by atoms with Crippen LogP contribution in [0.1, 0.15) is 22.9 Å². The van der Waals surface area contributed by atoms with Gasteiger partial charge in [-0.3, -0.25) is 14.3 Å². The van der Waals surface area contributed by atoms with Crippen LogP contribution in [0.15, 0.2) is 107 Å². The van der Waals surface area contributed by atoms with Gasteiger partial charge in [-0.1, -0.05) is 72.8 Å². The van der Waals surface area contributed by atoms with Crippen LogP contribution in [0.25, 0.3) is 0 Å². The van der Waals surface area contributed by atoms with Gasteiger partial charge < -0.3 is 19.3 Å². The first kappa shape index (κ1) is 24.7. The molecule has 8 heteroatoms. The van der Waals surface area contributed by atoms with Crippen LogP contribution in [0.5, 0.6) is 5.75 Å². The van der Waals surface area contributed by atoms with E-state index >= 15 is 0 Å². The van der Waals surface area contributed by atoms with E-state index in [-0.39, 0.29) is 13.2 Å². The molecule has 5 rings (SSSR count). The van der Waals surface area contributed by atoms with Gasteiger partial charge in [-0.25, -0.2) is 4.79 Å². The molecule has 4 aromatic rings. The number of H-pyrrole nitrogens is 1. The van der Waals surface area contributed by atoms with E-state index in [0.717, 1.165) is 22.4 Å². The quantitative estimate of drug-likeness (QED) is 0.361. The van der Waals surface area contributed by atoms with Crippen LogP contribution in [-0.4, -0.2) is 41.1 Å². The largest absolute Gasteiger partial charge is 0.497 e. The number of rotatable bonds is 8. The van der Waals surface area contributed by atoms with Gasteiger partial charge >= 0.3 is 5.69 Å². The molecule has 8 nitrogen and oxygen atoms in total. The van der Waals surface area contributed by atoms with Crippen LogP contribution in [0.3, 0.4) is 0 Å². The minimum Gasteiger partial charge on any atom is -0.497 e. The Balaban J connectivity index is 1.52. The van der Waals surface area contributed by atoms with Gasteiger partial charge in [0.25, 0.3) is 5.56 Å². The number of methoxy groups -OCH3 is 1. The topological polar surface area (TPSA) is 103 Å². The number of nitrogens with zero attached hydrogens (tertiary/aromatic N) is 1. The highest BCUT2D eigenvalue weighted by atomic mass is 16.5. The Bertz CT molecular complexity index is 1390. The highest BCUT2D eigenvalue weighted by molar-refractivity contribution is 5.48. The van der Waals surface area contributed by atoms with E-state index in [1.54, 1.807) is 7.11 Å². The summed E-state index contributed by atoms with van der Waals surface area (Å²) in [6.45, 7) is 0.325. The molecule has 1 aliphatic heterocycles. The molecule has 0 saturated carbocycles. The zero-order valence-electron chi connectivity index (χ0n) is 20.3. The molecule has 3 aromatic carbocycles. The molecular formula is C29H28N2O6. The lowest BCUT2D eigenvalue weighted by molar-refractivity contribution is -0.0381.